The molecule has 2 bridgehead atoms. The van der Waals surface area contributed by atoms with Crippen LogP contribution in [0.4, 0.5) is 5.69 Å². The molecule has 0 heterocycles. The molecule has 1 fully saturated rings. The van der Waals surface area contributed by atoms with Crippen molar-refractivity contribution in [1.82, 2.24) is 0 Å². The Morgan fingerprint density at radius 1 is 1.10 bits per heavy atom. The minimum atomic E-state index is -0.912. The van der Waals surface area contributed by atoms with Crippen LogP contribution in [0.25, 0.3) is 0 Å². The zero-order valence-corrected chi connectivity index (χ0v) is 11.4. The van der Waals surface area contributed by atoms with Gasteiger partial charge in [-0.3, -0.25) is 9.59 Å². The SMILES string of the molecule is O=C(O)C1C2C=CC(CC2)C1C(=O)Nc1cccc(O)c1. The molecule has 0 radical (unpaired) electrons. The fourth-order valence-corrected chi connectivity index (χ4v) is 3.50. The molecule has 1 amide bonds. The zero-order valence-electron chi connectivity index (χ0n) is 11.4. The highest BCUT2D eigenvalue weighted by Crippen LogP contribution is 2.45. The van der Waals surface area contributed by atoms with E-state index in [0.717, 1.165) is 12.8 Å². The number of carbonyl (C=O) groups is 2. The van der Waals surface area contributed by atoms with E-state index in [-0.39, 0.29) is 23.5 Å². The number of hydrogen-bond donors (Lipinski definition) is 3. The Morgan fingerprint density at radius 2 is 1.76 bits per heavy atom. The van der Waals surface area contributed by atoms with Gasteiger partial charge in [-0.05, 0) is 36.8 Å². The number of amides is 1. The third-order valence-electron chi connectivity index (χ3n) is 4.45. The number of phenols is 1. The molecule has 5 nitrogen and oxygen atoms in total. The highest BCUT2D eigenvalue weighted by molar-refractivity contribution is 5.96. The Kier molecular flexibility index (Phi) is 3.41. The molecule has 5 heteroatoms. The molecular formula is C16H17NO4. The van der Waals surface area contributed by atoms with Gasteiger partial charge in [0, 0.05) is 11.8 Å². The average Bonchev–Trinajstić information content (AvgIpc) is 2.47. The number of anilines is 1. The smallest absolute Gasteiger partial charge is 0.307 e. The van der Waals surface area contributed by atoms with Gasteiger partial charge in [-0.15, -0.1) is 0 Å². The monoisotopic (exact) mass is 287 g/mol. The summed E-state index contributed by atoms with van der Waals surface area (Å²) in [4.78, 5) is 24.0. The quantitative estimate of drug-likeness (QED) is 0.744. The van der Waals surface area contributed by atoms with Crippen LogP contribution >= 0.6 is 0 Å². The number of rotatable bonds is 3. The fraction of sp³-hybridized carbons (Fsp3) is 0.375. The lowest BCUT2D eigenvalue weighted by Crippen LogP contribution is -2.47. The minimum absolute atomic E-state index is 0.0200. The van der Waals surface area contributed by atoms with Crippen molar-refractivity contribution in [1.29, 1.82) is 0 Å². The Balaban J connectivity index is 1.83. The maximum Gasteiger partial charge on any atom is 0.307 e. The van der Waals surface area contributed by atoms with Crippen LogP contribution in [0.1, 0.15) is 12.8 Å². The van der Waals surface area contributed by atoms with Crippen molar-refractivity contribution in [2.75, 3.05) is 5.32 Å². The van der Waals surface area contributed by atoms with Gasteiger partial charge in [0.2, 0.25) is 5.91 Å². The summed E-state index contributed by atoms with van der Waals surface area (Å²) in [6, 6.07) is 6.27. The van der Waals surface area contributed by atoms with Gasteiger partial charge < -0.3 is 15.5 Å². The summed E-state index contributed by atoms with van der Waals surface area (Å²) in [5, 5.41) is 21.6. The molecule has 3 aliphatic carbocycles. The lowest BCUT2D eigenvalue weighted by molar-refractivity contribution is -0.151. The summed E-state index contributed by atoms with van der Waals surface area (Å²) in [6.07, 6.45) is 5.59. The number of carboxylic acid groups (broad SMARTS) is 1. The van der Waals surface area contributed by atoms with Gasteiger partial charge >= 0.3 is 5.97 Å². The van der Waals surface area contributed by atoms with Crippen LogP contribution in [0.5, 0.6) is 5.75 Å². The number of carboxylic acids is 1. The van der Waals surface area contributed by atoms with Crippen LogP contribution in [0.3, 0.4) is 0 Å². The first-order valence-electron chi connectivity index (χ1n) is 7.07. The normalized spacial score (nSPS) is 30.1. The van der Waals surface area contributed by atoms with E-state index in [4.69, 9.17) is 0 Å². The van der Waals surface area contributed by atoms with Crippen LogP contribution in [0, 0.1) is 23.7 Å². The largest absolute Gasteiger partial charge is 0.508 e. The van der Waals surface area contributed by atoms with Gasteiger partial charge in [0.25, 0.3) is 0 Å². The van der Waals surface area contributed by atoms with Gasteiger partial charge in [-0.2, -0.15) is 0 Å². The summed E-state index contributed by atoms with van der Waals surface area (Å²) in [5.74, 6) is -2.43. The summed E-state index contributed by atoms with van der Waals surface area (Å²) in [6.45, 7) is 0. The van der Waals surface area contributed by atoms with E-state index >= 15 is 0 Å². The Labute approximate surface area is 122 Å². The third kappa shape index (κ3) is 2.51. The van der Waals surface area contributed by atoms with E-state index in [0.29, 0.717) is 5.69 Å². The van der Waals surface area contributed by atoms with Crippen molar-refractivity contribution in [2.45, 2.75) is 12.8 Å². The molecule has 0 saturated heterocycles. The molecule has 4 unspecified atom stereocenters. The van der Waals surface area contributed by atoms with E-state index < -0.39 is 17.8 Å². The number of carbonyl (C=O) groups excluding carboxylic acids is 1. The Bertz CT molecular complexity index is 610. The second kappa shape index (κ2) is 5.24. The van der Waals surface area contributed by atoms with Crippen LogP contribution in [0.15, 0.2) is 36.4 Å². The van der Waals surface area contributed by atoms with Crippen LogP contribution in [-0.4, -0.2) is 22.1 Å². The number of allylic oxidation sites excluding steroid dienone is 2. The second-order valence-electron chi connectivity index (χ2n) is 5.72. The lowest BCUT2D eigenvalue weighted by Gasteiger charge is -2.41. The topological polar surface area (TPSA) is 86.6 Å². The standard InChI is InChI=1S/C16H17NO4/c18-12-3-1-2-11(8-12)17-15(19)13-9-4-6-10(7-5-9)14(13)16(20)21/h1-4,6,8-10,13-14,18H,5,7H2,(H,17,19)(H,20,21). The molecule has 1 aromatic rings. The summed E-state index contributed by atoms with van der Waals surface area (Å²) >= 11 is 0. The van der Waals surface area contributed by atoms with E-state index in [9.17, 15) is 19.8 Å². The highest BCUT2D eigenvalue weighted by Gasteiger charge is 2.48. The fourth-order valence-electron chi connectivity index (χ4n) is 3.50. The molecule has 4 rings (SSSR count). The maximum absolute atomic E-state index is 12.5. The number of fused-ring (bicyclic) bond motifs is 2. The van der Waals surface area contributed by atoms with Crippen LogP contribution in [0.2, 0.25) is 0 Å². The second-order valence-corrected chi connectivity index (χ2v) is 5.72. The molecule has 0 spiro atoms. The Hall–Kier alpha value is -2.30. The number of aliphatic carboxylic acids is 1. The molecule has 4 atom stereocenters. The molecular weight excluding hydrogens is 270 g/mol. The molecule has 21 heavy (non-hydrogen) atoms. The van der Waals surface area contributed by atoms with Gasteiger partial charge in [0.15, 0.2) is 0 Å². The summed E-state index contributed by atoms with van der Waals surface area (Å²) in [7, 11) is 0. The molecule has 3 aliphatic rings. The first kappa shape index (κ1) is 13.7. The molecule has 1 aromatic carbocycles. The van der Waals surface area contributed by atoms with Crippen molar-refractivity contribution in [3.63, 3.8) is 0 Å². The minimum Gasteiger partial charge on any atom is -0.508 e. The molecule has 1 saturated carbocycles. The van der Waals surface area contributed by atoms with Gasteiger partial charge in [0.1, 0.15) is 5.75 Å². The van der Waals surface area contributed by atoms with E-state index in [1.165, 1.54) is 12.1 Å². The van der Waals surface area contributed by atoms with E-state index in [2.05, 4.69) is 5.32 Å². The predicted molar refractivity (Wildman–Crippen MR) is 76.7 cm³/mol. The van der Waals surface area contributed by atoms with Crippen molar-refractivity contribution < 1.29 is 19.8 Å². The van der Waals surface area contributed by atoms with Gasteiger partial charge in [-0.1, -0.05) is 18.2 Å². The zero-order chi connectivity index (χ0) is 15.0. The number of benzene rings is 1. The first-order chi connectivity index (χ1) is 10.1. The molecule has 3 N–H and O–H groups in total. The van der Waals surface area contributed by atoms with Crippen molar-refractivity contribution in [2.24, 2.45) is 23.7 Å². The molecule has 0 aliphatic heterocycles. The summed E-state index contributed by atoms with van der Waals surface area (Å²) < 4.78 is 0. The molecule has 0 aromatic heterocycles. The number of aromatic hydroxyl groups is 1. The van der Waals surface area contributed by atoms with Gasteiger partial charge in [0.05, 0.1) is 11.8 Å². The lowest BCUT2D eigenvalue weighted by atomic mass is 9.62. The Morgan fingerprint density at radius 3 is 2.33 bits per heavy atom. The maximum atomic E-state index is 12.5. The predicted octanol–water partition coefficient (Wildman–Crippen LogP) is 2.24. The average molecular weight is 287 g/mol. The molecule has 110 valence electrons. The van der Waals surface area contributed by atoms with Crippen LogP contribution in [-0.2, 0) is 9.59 Å². The number of hydrogen-bond acceptors (Lipinski definition) is 3. The van der Waals surface area contributed by atoms with E-state index in [1.54, 1.807) is 12.1 Å². The van der Waals surface area contributed by atoms with Crippen molar-refractivity contribution >= 4 is 17.6 Å². The van der Waals surface area contributed by atoms with Crippen molar-refractivity contribution in [3.8, 4) is 5.75 Å². The van der Waals surface area contributed by atoms with Gasteiger partial charge in [-0.25, -0.2) is 0 Å². The summed E-state index contributed by atoms with van der Waals surface area (Å²) in [5.41, 5.74) is 0.481. The van der Waals surface area contributed by atoms with Crippen LogP contribution < -0.4 is 5.32 Å². The van der Waals surface area contributed by atoms with E-state index in [1.807, 2.05) is 12.2 Å². The third-order valence-corrected chi connectivity index (χ3v) is 4.45. The first-order valence-corrected chi connectivity index (χ1v) is 7.07. The van der Waals surface area contributed by atoms with Crippen molar-refractivity contribution in [3.05, 3.63) is 36.4 Å². The number of nitrogens with one attached hydrogen (secondary N) is 1. The highest BCUT2D eigenvalue weighted by atomic mass is 16.4. The number of phenolic OH excluding ortho intramolecular Hbond substituents is 1.